The summed E-state index contributed by atoms with van der Waals surface area (Å²) in [6.45, 7) is 0.241. The van der Waals surface area contributed by atoms with Crippen molar-refractivity contribution in [1.82, 2.24) is 0 Å². The van der Waals surface area contributed by atoms with Gasteiger partial charge in [-0.15, -0.1) is 0 Å². The van der Waals surface area contributed by atoms with E-state index in [1.54, 1.807) is 24.3 Å². The number of carbonyl (C=O) groups is 2. The van der Waals surface area contributed by atoms with E-state index in [1.807, 2.05) is 6.07 Å². The average Bonchev–Trinajstić information content (AvgIpc) is 2.88. The Morgan fingerprint density at radius 1 is 1.08 bits per heavy atom. The van der Waals surface area contributed by atoms with Crippen molar-refractivity contribution in [2.45, 2.75) is 37.8 Å². The van der Waals surface area contributed by atoms with Crippen molar-refractivity contribution in [2.75, 3.05) is 6.61 Å². The van der Waals surface area contributed by atoms with Crippen LogP contribution in [0.3, 0.4) is 0 Å². The highest BCUT2D eigenvalue weighted by Crippen LogP contribution is 2.39. The van der Waals surface area contributed by atoms with Gasteiger partial charge in [-0.05, 0) is 67.3 Å². The first kappa shape index (κ1) is 25.8. The Morgan fingerprint density at radius 2 is 1.78 bits per heavy atom. The maximum absolute atomic E-state index is 12.7. The number of ketones is 1. The number of nitriles is 1. The van der Waals surface area contributed by atoms with Gasteiger partial charge < -0.3 is 14.6 Å². The number of fused-ring (bicyclic) bond motifs is 1. The molecule has 0 bridgehead atoms. The second-order valence-corrected chi connectivity index (χ2v) is 8.62. The van der Waals surface area contributed by atoms with E-state index in [1.165, 1.54) is 24.3 Å². The number of ether oxygens (including phenoxy) is 2. The number of aryl methyl sites for hydroxylation is 1. The molecule has 0 aromatic heterocycles. The van der Waals surface area contributed by atoms with Crippen LogP contribution in [0.2, 0.25) is 0 Å². The van der Waals surface area contributed by atoms with Gasteiger partial charge in [0.2, 0.25) is 0 Å². The highest BCUT2D eigenvalue weighted by Gasteiger charge is 2.30. The summed E-state index contributed by atoms with van der Waals surface area (Å²) in [4.78, 5) is 24.1. The normalized spacial score (nSPS) is 14.7. The van der Waals surface area contributed by atoms with E-state index in [4.69, 9.17) is 9.47 Å². The van der Waals surface area contributed by atoms with Crippen LogP contribution < -0.4 is 9.47 Å². The van der Waals surface area contributed by atoms with Crippen molar-refractivity contribution < 1.29 is 37.3 Å². The van der Waals surface area contributed by atoms with Crippen molar-refractivity contribution >= 4 is 11.8 Å². The number of nitrogens with zero attached hydrogens (tertiary/aromatic N) is 1. The summed E-state index contributed by atoms with van der Waals surface area (Å²) in [5, 5.41) is 19.0. The van der Waals surface area contributed by atoms with Crippen LogP contribution in [0.1, 0.15) is 57.8 Å². The molecule has 1 unspecified atom stereocenters. The van der Waals surface area contributed by atoms with Gasteiger partial charge in [-0.2, -0.15) is 18.4 Å². The number of alkyl halides is 3. The Labute approximate surface area is 210 Å². The Morgan fingerprint density at radius 3 is 2.41 bits per heavy atom. The molecule has 1 N–H and O–H groups in total. The Balaban J connectivity index is 1.37. The van der Waals surface area contributed by atoms with Crippen molar-refractivity contribution in [2.24, 2.45) is 0 Å². The van der Waals surface area contributed by atoms with E-state index in [-0.39, 0.29) is 30.1 Å². The molecule has 4 rings (SSSR count). The molecule has 37 heavy (non-hydrogen) atoms. The van der Waals surface area contributed by atoms with Gasteiger partial charge in [0.25, 0.3) is 0 Å². The van der Waals surface area contributed by atoms with Gasteiger partial charge in [0.1, 0.15) is 23.3 Å². The third kappa shape index (κ3) is 6.09. The van der Waals surface area contributed by atoms with Crippen LogP contribution in [-0.2, 0) is 17.4 Å². The number of carboxylic acid groups (broad SMARTS) is 1. The van der Waals surface area contributed by atoms with Gasteiger partial charge in [0.15, 0.2) is 5.78 Å². The SMILES string of the molecule is N#Cc1cc2c(cc1Oc1ccc(C(=O)CCCc3ccc(C(F)(F)F)cc3)cc1)OCCC2C(=O)O. The third-order valence-corrected chi connectivity index (χ3v) is 6.12. The van der Waals surface area contributed by atoms with Crippen LogP contribution in [0.25, 0.3) is 0 Å². The molecule has 1 aliphatic rings. The van der Waals surface area contributed by atoms with E-state index in [9.17, 15) is 33.1 Å². The minimum atomic E-state index is -4.38. The largest absolute Gasteiger partial charge is 0.493 e. The molecule has 1 heterocycles. The molecule has 190 valence electrons. The summed E-state index contributed by atoms with van der Waals surface area (Å²) in [6.07, 6.45) is -2.87. The average molecular weight is 509 g/mol. The van der Waals surface area contributed by atoms with Gasteiger partial charge in [-0.1, -0.05) is 12.1 Å². The fraction of sp³-hybridized carbons (Fsp3) is 0.250. The lowest BCUT2D eigenvalue weighted by Crippen LogP contribution is -2.21. The molecular weight excluding hydrogens is 487 g/mol. The topological polar surface area (TPSA) is 96.6 Å². The highest BCUT2D eigenvalue weighted by molar-refractivity contribution is 5.96. The van der Waals surface area contributed by atoms with Crippen molar-refractivity contribution in [3.05, 3.63) is 88.5 Å². The predicted octanol–water partition coefficient (Wildman–Crippen LogP) is 6.53. The first-order chi connectivity index (χ1) is 17.7. The van der Waals surface area contributed by atoms with Crippen LogP contribution in [-0.4, -0.2) is 23.5 Å². The fourth-order valence-electron chi connectivity index (χ4n) is 4.14. The Hall–Kier alpha value is -4.32. The Bertz CT molecular complexity index is 1340. The van der Waals surface area contributed by atoms with Crippen LogP contribution in [0.5, 0.6) is 17.2 Å². The highest BCUT2D eigenvalue weighted by atomic mass is 19.4. The number of carboxylic acids is 1. The van der Waals surface area contributed by atoms with E-state index >= 15 is 0 Å². The maximum Gasteiger partial charge on any atom is 0.416 e. The second kappa shape index (κ2) is 10.7. The molecule has 3 aromatic carbocycles. The molecule has 3 aromatic rings. The zero-order valence-corrected chi connectivity index (χ0v) is 19.5. The Kier molecular flexibility index (Phi) is 7.48. The summed E-state index contributed by atoms with van der Waals surface area (Å²) < 4.78 is 49.4. The van der Waals surface area contributed by atoms with E-state index in [0.717, 1.165) is 17.7 Å². The molecule has 0 aliphatic carbocycles. The number of Topliss-reactive ketones (excluding diaryl/α,β-unsaturated/α-hetero) is 1. The van der Waals surface area contributed by atoms with Crippen molar-refractivity contribution in [3.63, 3.8) is 0 Å². The number of benzene rings is 3. The van der Waals surface area contributed by atoms with Crippen molar-refractivity contribution in [3.8, 4) is 23.3 Å². The molecule has 0 spiro atoms. The first-order valence-electron chi connectivity index (χ1n) is 11.6. The molecule has 1 atom stereocenters. The van der Waals surface area contributed by atoms with E-state index in [0.29, 0.717) is 41.9 Å². The molecule has 9 heteroatoms. The molecule has 0 amide bonds. The lowest BCUT2D eigenvalue weighted by atomic mass is 9.91. The maximum atomic E-state index is 12.7. The van der Waals surface area contributed by atoms with Gasteiger partial charge in [-0.25, -0.2) is 0 Å². The van der Waals surface area contributed by atoms with E-state index < -0.39 is 23.6 Å². The monoisotopic (exact) mass is 509 g/mol. The lowest BCUT2D eigenvalue weighted by molar-refractivity contribution is -0.139. The molecule has 0 fully saturated rings. The quantitative estimate of drug-likeness (QED) is 0.347. The van der Waals surface area contributed by atoms with Crippen LogP contribution >= 0.6 is 0 Å². The van der Waals surface area contributed by atoms with Gasteiger partial charge in [0, 0.05) is 23.6 Å². The standard InChI is InChI=1S/C28H22F3NO5/c29-28(30,31)20-8-4-17(5-9-20)2-1-3-24(33)18-6-10-21(11-7-18)37-25-15-26-23(14-19(25)16-32)22(27(34)35)12-13-36-26/h4-11,14-15,22H,1-3,12-13H2,(H,34,35). The number of hydrogen-bond donors (Lipinski definition) is 1. The number of carbonyl (C=O) groups excluding carboxylic acids is 1. The number of aliphatic carboxylic acids is 1. The molecular formula is C28H22F3NO5. The summed E-state index contributed by atoms with van der Waals surface area (Å²) in [5.41, 5.74) is 1.07. The fourth-order valence-corrected chi connectivity index (χ4v) is 4.14. The van der Waals surface area contributed by atoms with Crippen LogP contribution in [0.15, 0.2) is 60.7 Å². The molecule has 1 aliphatic heterocycles. The molecule has 6 nitrogen and oxygen atoms in total. The molecule has 0 radical (unpaired) electrons. The third-order valence-electron chi connectivity index (χ3n) is 6.12. The van der Waals surface area contributed by atoms with Gasteiger partial charge in [-0.3, -0.25) is 9.59 Å². The summed E-state index contributed by atoms with van der Waals surface area (Å²) in [7, 11) is 0. The summed E-state index contributed by atoms with van der Waals surface area (Å²) in [6, 6.07) is 16.3. The zero-order chi connectivity index (χ0) is 26.6. The number of hydrogen-bond acceptors (Lipinski definition) is 5. The summed E-state index contributed by atoms with van der Waals surface area (Å²) in [5.74, 6) is -0.909. The summed E-state index contributed by atoms with van der Waals surface area (Å²) >= 11 is 0. The van der Waals surface area contributed by atoms with Crippen LogP contribution in [0.4, 0.5) is 13.2 Å². The number of halogens is 3. The smallest absolute Gasteiger partial charge is 0.416 e. The number of rotatable bonds is 8. The predicted molar refractivity (Wildman–Crippen MR) is 127 cm³/mol. The minimum absolute atomic E-state index is 0.113. The lowest BCUT2D eigenvalue weighted by Gasteiger charge is -2.24. The second-order valence-electron chi connectivity index (χ2n) is 8.62. The van der Waals surface area contributed by atoms with Gasteiger partial charge in [0.05, 0.1) is 23.7 Å². The molecule has 0 saturated heterocycles. The van der Waals surface area contributed by atoms with Gasteiger partial charge >= 0.3 is 12.1 Å². The van der Waals surface area contributed by atoms with Crippen molar-refractivity contribution in [1.29, 1.82) is 5.26 Å². The molecule has 0 saturated carbocycles. The zero-order valence-electron chi connectivity index (χ0n) is 19.5. The first-order valence-corrected chi connectivity index (χ1v) is 11.6. The van der Waals surface area contributed by atoms with E-state index in [2.05, 4.69) is 0 Å². The van der Waals surface area contributed by atoms with Crippen LogP contribution in [0, 0.1) is 11.3 Å². The minimum Gasteiger partial charge on any atom is -0.493 e.